The number of fused-ring (bicyclic) bond motifs is 1. The first-order chi connectivity index (χ1) is 9.46. The number of aromatic nitrogens is 2. The van der Waals surface area contributed by atoms with Gasteiger partial charge in [0.1, 0.15) is 5.82 Å². The molecule has 1 fully saturated rings. The molecule has 1 saturated heterocycles. The highest BCUT2D eigenvalue weighted by Crippen LogP contribution is 2.31. The molecular formula is C13H18N2O4S. The van der Waals surface area contributed by atoms with E-state index in [1.165, 1.54) is 0 Å². The molecule has 3 rings (SSSR count). The summed E-state index contributed by atoms with van der Waals surface area (Å²) in [6, 6.07) is 0. The molecule has 2 atom stereocenters. The lowest BCUT2D eigenvalue weighted by atomic mass is 9.97. The minimum atomic E-state index is -2.98. The zero-order valence-electron chi connectivity index (χ0n) is 11.2. The van der Waals surface area contributed by atoms with Gasteiger partial charge in [0.25, 0.3) is 0 Å². The number of carboxylic acids is 1. The van der Waals surface area contributed by atoms with E-state index in [1.807, 2.05) is 4.57 Å². The number of nitrogens with zero attached hydrogens (tertiary/aromatic N) is 2. The molecule has 3 heterocycles. The van der Waals surface area contributed by atoms with Gasteiger partial charge in [0.05, 0.1) is 17.4 Å². The summed E-state index contributed by atoms with van der Waals surface area (Å²) in [5.41, 5.74) is 1.03. The second kappa shape index (κ2) is 4.87. The number of imidazole rings is 1. The van der Waals surface area contributed by atoms with Crippen molar-refractivity contribution in [3.05, 3.63) is 17.7 Å². The molecule has 0 saturated carbocycles. The summed E-state index contributed by atoms with van der Waals surface area (Å²) in [5.74, 6) is -0.109. The quantitative estimate of drug-likeness (QED) is 0.873. The SMILES string of the molecule is O=C(O)C1CCc2cnc(C3CCCS(=O)(=O)C3)n2C1. The monoisotopic (exact) mass is 298 g/mol. The molecule has 2 aliphatic heterocycles. The number of sulfone groups is 1. The fraction of sp³-hybridized carbons (Fsp3) is 0.692. The van der Waals surface area contributed by atoms with E-state index in [0.29, 0.717) is 25.8 Å². The Bertz CT molecular complexity index is 635. The summed E-state index contributed by atoms with van der Waals surface area (Å²) < 4.78 is 25.5. The van der Waals surface area contributed by atoms with Gasteiger partial charge in [-0.25, -0.2) is 13.4 Å². The third kappa shape index (κ3) is 2.46. The molecule has 0 bridgehead atoms. The van der Waals surface area contributed by atoms with Crippen LogP contribution >= 0.6 is 0 Å². The van der Waals surface area contributed by atoms with Gasteiger partial charge < -0.3 is 9.67 Å². The minimum absolute atomic E-state index is 0.0879. The van der Waals surface area contributed by atoms with Gasteiger partial charge in [-0.05, 0) is 25.7 Å². The molecule has 110 valence electrons. The molecule has 0 amide bonds. The standard InChI is InChI=1S/C13H18N2O4S/c16-13(17)9-3-4-11-6-14-12(15(11)7-9)10-2-1-5-20(18,19)8-10/h6,9-10H,1-5,7-8H2,(H,16,17). The van der Waals surface area contributed by atoms with Crippen LogP contribution in [0.15, 0.2) is 6.20 Å². The van der Waals surface area contributed by atoms with Crippen LogP contribution in [0.4, 0.5) is 0 Å². The van der Waals surface area contributed by atoms with E-state index >= 15 is 0 Å². The average Bonchev–Trinajstić information content (AvgIpc) is 2.80. The van der Waals surface area contributed by atoms with Crippen LogP contribution in [0.2, 0.25) is 0 Å². The number of carboxylic acid groups (broad SMARTS) is 1. The maximum atomic E-state index is 11.8. The lowest BCUT2D eigenvalue weighted by molar-refractivity contribution is -0.142. The number of hydrogen-bond acceptors (Lipinski definition) is 4. The Labute approximate surface area is 117 Å². The van der Waals surface area contributed by atoms with Crippen LogP contribution in [0, 0.1) is 5.92 Å². The zero-order valence-corrected chi connectivity index (χ0v) is 12.0. The molecule has 2 unspecified atom stereocenters. The molecular weight excluding hydrogens is 280 g/mol. The Morgan fingerprint density at radius 3 is 2.90 bits per heavy atom. The van der Waals surface area contributed by atoms with Crippen molar-refractivity contribution in [2.75, 3.05) is 11.5 Å². The lowest BCUT2D eigenvalue weighted by Gasteiger charge is -2.27. The molecule has 1 N–H and O–H groups in total. The second-order valence-electron chi connectivity index (χ2n) is 5.75. The largest absolute Gasteiger partial charge is 0.481 e. The molecule has 2 aliphatic rings. The molecule has 20 heavy (non-hydrogen) atoms. The number of hydrogen-bond donors (Lipinski definition) is 1. The van der Waals surface area contributed by atoms with Crippen LogP contribution in [0.3, 0.4) is 0 Å². The Morgan fingerprint density at radius 2 is 2.20 bits per heavy atom. The summed E-state index contributed by atoms with van der Waals surface area (Å²) >= 11 is 0. The van der Waals surface area contributed by atoms with Crippen molar-refractivity contribution >= 4 is 15.8 Å². The predicted octanol–water partition coefficient (Wildman–Crippen LogP) is 0.822. The number of aryl methyl sites for hydroxylation is 1. The number of rotatable bonds is 2. The van der Waals surface area contributed by atoms with Crippen molar-refractivity contribution in [3.8, 4) is 0 Å². The van der Waals surface area contributed by atoms with Gasteiger partial charge in [-0.15, -0.1) is 0 Å². The van der Waals surface area contributed by atoms with Crippen LogP contribution < -0.4 is 0 Å². The summed E-state index contributed by atoms with van der Waals surface area (Å²) in [6.45, 7) is 0.413. The Kier molecular flexibility index (Phi) is 3.32. The van der Waals surface area contributed by atoms with Crippen molar-refractivity contribution in [1.82, 2.24) is 9.55 Å². The molecule has 0 radical (unpaired) electrons. The van der Waals surface area contributed by atoms with E-state index in [0.717, 1.165) is 17.9 Å². The first kappa shape index (κ1) is 13.6. The highest BCUT2D eigenvalue weighted by atomic mass is 32.2. The van der Waals surface area contributed by atoms with Gasteiger partial charge in [-0.1, -0.05) is 0 Å². The predicted molar refractivity (Wildman–Crippen MR) is 72.3 cm³/mol. The van der Waals surface area contributed by atoms with Crippen molar-refractivity contribution in [2.24, 2.45) is 5.92 Å². The van der Waals surface area contributed by atoms with Crippen molar-refractivity contribution in [1.29, 1.82) is 0 Å². The maximum absolute atomic E-state index is 11.8. The van der Waals surface area contributed by atoms with Gasteiger partial charge in [0, 0.05) is 24.4 Å². The maximum Gasteiger partial charge on any atom is 0.308 e. The molecule has 1 aromatic heterocycles. The molecule has 0 spiro atoms. The number of aliphatic carboxylic acids is 1. The Hall–Kier alpha value is -1.37. The minimum Gasteiger partial charge on any atom is -0.481 e. The van der Waals surface area contributed by atoms with Crippen LogP contribution in [0.1, 0.15) is 36.7 Å². The summed E-state index contributed by atoms with van der Waals surface area (Å²) in [6.07, 6.45) is 4.58. The first-order valence-electron chi connectivity index (χ1n) is 6.94. The zero-order chi connectivity index (χ0) is 14.3. The van der Waals surface area contributed by atoms with E-state index in [4.69, 9.17) is 5.11 Å². The average molecular weight is 298 g/mol. The third-order valence-corrected chi connectivity index (χ3v) is 6.12. The van der Waals surface area contributed by atoms with E-state index in [1.54, 1.807) is 6.20 Å². The second-order valence-corrected chi connectivity index (χ2v) is 7.97. The smallest absolute Gasteiger partial charge is 0.308 e. The Morgan fingerprint density at radius 1 is 1.40 bits per heavy atom. The van der Waals surface area contributed by atoms with Crippen LogP contribution in [0.25, 0.3) is 0 Å². The van der Waals surface area contributed by atoms with Crippen molar-refractivity contribution in [2.45, 2.75) is 38.1 Å². The molecule has 6 nitrogen and oxygen atoms in total. The van der Waals surface area contributed by atoms with E-state index in [9.17, 15) is 13.2 Å². The summed E-state index contributed by atoms with van der Waals surface area (Å²) in [4.78, 5) is 15.5. The number of carbonyl (C=O) groups is 1. The van der Waals surface area contributed by atoms with E-state index in [2.05, 4.69) is 4.98 Å². The molecule has 7 heteroatoms. The highest BCUT2D eigenvalue weighted by molar-refractivity contribution is 7.91. The van der Waals surface area contributed by atoms with Gasteiger partial charge in [-0.2, -0.15) is 0 Å². The normalized spacial score (nSPS) is 28.8. The first-order valence-corrected chi connectivity index (χ1v) is 8.76. The lowest BCUT2D eigenvalue weighted by Crippen LogP contribution is -2.30. The Balaban J connectivity index is 1.89. The van der Waals surface area contributed by atoms with Gasteiger partial charge >= 0.3 is 5.97 Å². The van der Waals surface area contributed by atoms with Crippen molar-refractivity contribution < 1.29 is 18.3 Å². The van der Waals surface area contributed by atoms with Crippen molar-refractivity contribution in [3.63, 3.8) is 0 Å². The van der Waals surface area contributed by atoms with Gasteiger partial charge in [0.15, 0.2) is 9.84 Å². The van der Waals surface area contributed by atoms with Crippen LogP contribution in [0.5, 0.6) is 0 Å². The molecule has 0 aromatic carbocycles. The third-order valence-electron chi connectivity index (χ3n) is 4.30. The van der Waals surface area contributed by atoms with Crippen LogP contribution in [-0.4, -0.2) is 40.6 Å². The van der Waals surface area contributed by atoms with Gasteiger partial charge in [0.2, 0.25) is 0 Å². The summed E-state index contributed by atoms with van der Waals surface area (Å²) in [7, 11) is -2.98. The van der Waals surface area contributed by atoms with E-state index in [-0.39, 0.29) is 17.4 Å². The molecule has 0 aliphatic carbocycles. The highest BCUT2D eigenvalue weighted by Gasteiger charge is 2.32. The topological polar surface area (TPSA) is 89.3 Å². The summed E-state index contributed by atoms with van der Waals surface area (Å²) in [5, 5.41) is 9.16. The van der Waals surface area contributed by atoms with E-state index < -0.39 is 21.7 Å². The fourth-order valence-electron chi connectivity index (χ4n) is 3.23. The van der Waals surface area contributed by atoms with Gasteiger partial charge in [-0.3, -0.25) is 4.79 Å². The fourth-order valence-corrected chi connectivity index (χ4v) is 4.93. The molecule has 1 aromatic rings. The van der Waals surface area contributed by atoms with Crippen LogP contribution in [-0.2, 0) is 27.6 Å².